The van der Waals surface area contributed by atoms with Crippen LogP contribution in [0, 0.1) is 0 Å². The van der Waals surface area contributed by atoms with Gasteiger partial charge in [-0.3, -0.25) is 9.69 Å². The van der Waals surface area contributed by atoms with Crippen LogP contribution in [0.15, 0.2) is 39.7 Å². The molecular formula is C17H13Cl2NO2S2. The van der Waals surface area contributed by atoms with E-state index in [0.717, 1.165) is 6.42 Å². The molecule has 0 saturated carbocycles. The van der Waals surface area contributed by atoms with E-state index in [0.29, 0.717) is 42.9 Å². The number of thioether (sulfide) groups is 1. The van der Waals surface area contributed by atoms with Crippen LogP contribution in [-0.4, -0.2) is 21.7 Å². The predicted molar refractivity (Wildman–Crippen MR) is 104 cm³/mol. The van der Waals surface area contributed by atoms with Gasteiger partial charge >= 0.3 is 0 Å². The highest BCUT2D eigenvalue weighted by atomic mass is 35.5. The minimum Gasteiger partial charge on any atom is -0.457 e. The van der Waals surface area contributed by atoms with Crippen molar-refractivity contribution in [2.24, 2.45) is 0 Å². The van der Waals surface area contributed by atoms with E-state index in [1.54, 1.807) is 29.2 Å². The summed E-state index contributed by atoms with van der Waals surface area (Å²) in [6, 6.07) is 8.95. The van der Waals surface area contributed by atoms with Crippen molar-refractivity contribution in [1.82, 2.24) is 4.90 Å². The van der Waals surface area contributed by atoms with Gasteiger partial charge < -0.3 is 4.42 Å². The van der Waals surface area contributed by atoms with E-state index in [1.165, 1.54) is 11.8 Å². The number of furan rings is 1. The van der Waals surface area contributed by atoms with Gasteiger partial charge in [0.05, 0.1) is 15.0 Å². The molecule has 1 aromatic heterocycles. The summed E-state index contributed by atoms with van der Waals surface area (Å²) in [5.74, 6) is 1.08. The molecule has 7 heteroatoms. The van der Waals surface area contributed by atoms with Gasteiger partial charge in [0.15, 0.2) is 0 Å². The van der Waals surface area contributed by atoms with Crippen LogP contribution in [0.4, 0.5) is 0 Å². The van der Waals surface area contributed by atoms with Gasteiger partial charge in [-0.1, -0.05) is 60.2 Å². The summed E-state index contributed by atoms with van der Waals surface area (Å²) < 4.78 is 6.38. The number of nitrogens with zero attached hydrogens (tertiary/aromatic N) is 1. The lowest BCUT2D eigenvalue weighted by Gasteiger charge is -2.11. The third kappa shape index (κ3) is 3.40. The second-order valence-corrected chi connectivity index (χ2v) is 7.60. The van der Waals surface area contributed by atoms with Crippen LogP contribution >= 0.6 is 47.2 Å². The minimum atomic E-state index is -0.0782. The molecule has 124 valence electrons. The van der Waals surface area contributed by atoms with Crippen molar-refractivity contribution in [2.45, 2.75) is 13.3 Å². The molecule has 2 aromatic rings. The van der Waals surface area contributed by atoms with Gasteiger partial charge in [-0.2, -0.15) is 0 Å². The Labute approximate surface area is 159 Å². The SMILES string of the molecule is CCCN1C(=O)C(=Cc2ccc(-c3cccc(Cl)c3Cl)o2)SC1=S. The van der Waals surface area contributed by atoms with Crippen LogP contribution in [0.3, 0.4) is 0 Å². The van der Waals surface area contributed by atoms with Crippen molar-refractivity contribution in [3.63, 3.8) is 0 Å². The third-order valence-electron chi connectivity index (χ3n) is 3.44. The Morgan fingerprint density at radius 1 is 1.29 bits per heavy atom. The molecule has 1 amide bonds. The number of carbonyl (C=O) groups is 1. The van der Waals surface area contributed by atoms with E-state index >= 15 is 0 Å². The number of thiocarbonyl (C=S) groups is 1. The third-order valence-corrected chi connectivity index (χ3v) is 5.63. The zero-order valence-electron chi connectivity index (χ0n) is 12.7. The van der Waals surface area contributed by atoms with Crippen LogP contribution in [0.25, 0.3) is 17.4 Å². The van der Waals surface area contributed by atoms with Gasteiger partial charge in [0.1, 0.15) is 15.8 Å². The van der Waals surface area contributed by atoms with Crippen molar-refractivity contribution < 1.29 is 9.21 Å². The van der Waals surface area contributed by atoms with Crippen molar-refractivity contribution in [3.8, 4) is 11.3 Å². The van der Waals surface area contributed by atoms with Crippen LogP contribution in [-0.2, 0) is 4.79 Å². The van der Waals surface area contributed by atoms with Gasteiger partial charge in [0.2, 0.25) is 0 Å². The molecule has 24 heavy (non-hydrogen) atoms. The van der Waals surface area contributed by atoms with Crippen molar-refractivity contribution in [3.05, 3.63) is 51.0 Å². The zero-order chi connectivity index (χ0) is 17.3. The Hall–Kier alpha value is -1.27. The fourth-order valence-electron chi connectivity index (χ4n) is 2.31. The Morgan fingerprint density at radius 3 is 2.83 bits per heavy atom. The van der Waals surface area contributed by atoms with Crippen molar-refractivity contribution in [2.75, 3.05) is 6.54 Å². The second-order valence-electron chi connectivity index (χ2n) is 5.14. The molecular weight excluding hydrogens is 385 g/mol. The van der Waals surface area contributed by atoms with Gasteiger partial charge in [0, 0.05) is 18.2 Å². The first kappa shape index (κ1) is 17.5. The highest BCUT2D eigenvalue weighted by Gasteiger charge is 2.31. The maximum atomic E-state index is 12.4. The molecule has 1 fully saturated rings. The monoisotopic (exact) mass is 397 g/mol. The number of rotatable bonds is 4. The van der Waals surface area contributed by atoms with Crippen LogP contribution in [0.5, 0.6) is 0 Å². The minimum absolute atomic E-state index is 0.0782. The summed E-state index contributed by atoms with van der Waals surface area (Å²) in [7, 11) is 0. The Kier molecular flexibility index (Phi) is 5.35. The van der Waals surface area contributed by atoms with E-state index < -0.39 is 0 Å². The van der Waals surface area contributed by atoms with E-state index in [2.05, 4.69) is 0 Å². The van der Waals surface area contributed by atoms with E-state index in [9.17, 15) is 4.79 Å². The van der Waals surface area contributed by atoms with Crippen molar-refractivity contribution >= 4 is 63.5 Å². The predicted octanol–water partition coefficient (Wildman–Crippen LogP) is 5.86. The lowest BCUT2D eigenvalue weighted by molar-refractivity contribution is -0.122. The average Bonchev–Trinajstić information content (AvgIpc) is 3.11. The van der Waals surface area contributed by atoms with Crippen molar-refractivity contribution in [1.29, 1.82) is 0 Å². The Balaban J connectivity index is 1.88. The number of halogens is 2. The number of hydrogen-bond acceptors (Lipinski definition) is 4. The molecule has 2 heterocycles. The summed E-state index contributed by atoms with van der Waals surface area (Å²) in [6.45, 7) is 2.64. The molecule has 1 aliphatic heterocycles. The van der Waals surface area contributed by atoms with E-state index in [4.69, 9.17) is 39.8 Å². The van der Waals surface area contributed by atoms with Gasteiger partial charge in [-0.25, -0.2) is 0 Å². The molecule has 0 N–H and O–H groups in total. The molecule has 0 unspecified atom stereocenters. The number of carbonyl (C=O) groups excluding carboxylic acids is 1. The topological polar surface area (TPSA) is 33.5 Å². The largest absolute Gasteiger partial charge is 0.457 e. The van der Waals surface area contributed by atoms with Crippen LogP contribution in [0.2, 0.25) is 10.0 Å². The molecule has 1 aromatic carbocycles. The standard InChI is InChI=1S/C17H13Cl2NO2S2/c1-2-8-20-16(21)14(24-17(20)23)9-10-6-7-13(22-10)11-4-3-5-12(18)15(11)19/h3-7,9H,2,8H2,1H3. The fourth-order valence-corrected chi connectivity index (χ4v) is 4.00. The molecule has 1 aliphatic rings. The molecule has 0 radical (unpaired) electrons. The zero-order valence-corrected chi connectivity index (χ0v) is 15.9. The van der Waals surface area contributed by atoms with Gasteiger partial charge in [-0.15, -0.1) is 0 Å². The maximum absolute atomic E-state index is 12.4. The Bertz CT molecular complexity index is 845. The number of amides is 1. The van der Waals surface area contributed by atoms with Gasteiger partial charge in [0.25, 0.3) is 5.91 Å². The first-order valence-electron chi connectivity index (χ1n) is 7.31. The normalized spacial score (nSPS) is 16.5. The number of benzene rings is 1. The number of hydrogen-bond donors (Lipinski definition) is 0. The average molecular weight is 398 g/mol. The smallest absolute Gasteiger partial charge is 0.266 e. The summed E-state index contributed by atoms with van der Waals surface area (Å²) in [5, 5.41) is 0.905. The maximum Gasteiger partial charge on any atom is 0.266 e. The summed E-state index contributed by atoms with van der Waals surface area (Å²) in [6.07, 6.45) is 2.56. The highest BCUT2D eigenvalue weighted by molar-refractivity contribution is 8.26. The lowest BCUT2D eigenvalue weighted by Crippen LogP contribution is -2.28. The van der Waals surface area contributed by atoms with E-state index in [1.807, 2.05) is 19.1 Å². The molecule has 0 atom stereocenters. The summed E-state index contributed by atoms with van der Waals surface area (Å²) in [5.41, 5.74) is 0.711. The molecule has 3 rings (SSSR count). The second kappa shape index (κ2) is 7.31. The molecule has 0 spiro atoms. The van der Waals surface area contributed by atoms with Crippen LogP contribution in [0.1, 0.15) is 19.1 Å². The quantitative estimate of drug-likeness (QED) is 0.477. The molecule has 0 bridgehead atoms. The first-order chi connectivity index (χ1) is 11.5. The molecule has 1 saturated heterocycles. The lowest BCUT2D eigenvalue weighted by atomic mass is 10.2. The fraction of sp³-hybridized carbons (Fsp3) is 0.176. The highest BCUT2D eigenvalue weighted by Crippen LogP contribution is 2.36. The van der Waals surface area contributed by atoms with Crippen LogP contribution < -0.4 is 0 Å². The summed E-state index contributed by atoms with van der Waals surface area (Å²) in [4.78, 5) is 14.5. The Morgan fingerprint density at radius 2 is 2.08 bits per heavy atom. The molecule has 3 nitrogen and oxygen atoms in total. The van der Waals surface area contributed by atoms with Gasteiger partial charge in [-0.05, 0) is 30.7 Å². The van der Waals surface area contributed by atoms with E-state index in [-0.39, 0.29) is 5.91 Å². The molecule has 0 aliphatic carbocycles. The first-order valence-corrected chi connectivity index (χ1v) is 9.29. The summed E-state index contributed by atoms with van der Waals surface area (Å²) >= 11 is 18.8.